The molecule has 2 N–H and O–H groups in total. The van der Waals surface area contributed by atoms with E-state index in [9.17, 15) is 4.39 Å². The summed E-state index contributed by atoms with van der Waals surface area (Å²) in [7, 11) is 0. The highest BCUT2D eigenvalue weighted by atomic mass is 35.5. The lowest BCUT2D eigenvalue weighted by Crippen LogP contribution is -2.05. The van der Waals surface area contributed by atoms with Crippen LogP contribution in [-0.4, -0.2) is 26.2 Å². The number of furan rings is 1. The highest BCUT2D eigenvalue weighted by molar-refractivity contribution is 6.28. The van der Waals surface area contributed by atoms with Crippen LogP contribution in [0, 0.1) is 5.82 Å². The van der Waals surface area contributed by atoms with E-state index in [1.165, 1.54) is 10.8 Å². The molecule has 3 heterocycles. The summed E-state index contributed by atoms with van der Waals surface area (Å²) in [6.07, 6.45) is 2.82. The van der Waals surface area contributed by atoms with E-state index in [0.717, 1.165) is 0 Å². The molecule has 0 unspecified atom stereocenters. The summed E-state index contributed by atoms with van der Waals surface area (Å²) in [5.41, 5.74) is 0.337. The summed E-state index contributed by atoms with van der Waals surface area (Å²) in [6, 6.07) is 3.55. The smallest absolute Gasteiger partial charge is 0.226 e. The number of aromatic nitrogens is 3. The fraction of sp³-hybridized carbons (Fsp3) is 0.231. The Morgan fingerprint density at radius 3 is 3.00 bits per heavy atom. The first-order chi connectivity index (χ1) is 10.2. The fourth-order valence-electron chi connectivity index (χ4n) is 2.10. The third-order valence-corrected chi connectivity index (χ3v) is 3.16. The lowest BCUT2D eigenvalue weighted by Gasteiger charge is -2.07. The molecule has 21 heavy (non-hydrogen) atoms. The third kappa shape index (κ3) is 2.70. The fourth-order valence-corrected chi connectivity index (χ4v) is 2.27. The number of anilines is 1. The van der Waals surface area contributed by atoms with Crippen LogP contribution in [0.4, 0.5) is 10.2 Å². The first-order valence-electron chi connectivity index (χ1n) is 6.28. The molecule has 0 aliphatic rings. The highest BCUT2D eigenvalue weighted by Crippen LogP contribution is 2.27. The van der Waals surface area contributed by atoms with E-state index < -0.39 is 5.82 Å². The number of nitrogens with zero attached hydrogens (tertiary/aromatic N) is 3. The van der Waals surface area contributed by atoms with Crippen LogP contribution in [0.3, 0.4) is 0 Å². The van der Waals surface area contributed by atoms with Crippen molar-refractivity contribution in [2.24, 2.45) is 0 Å². The Hall–Kier alpha value is -2.12. The van der Waals surface area contributed by atoms with Crippen molar-refractivity contribution in [2.45, 2.75) is 13.1 Å². The van der Waals surface area contributed by atoms with Gasteiger partial charge in [-0.3, -0.25) is 0 Å². The second-order valence-electron chi connectivity index (χ2n) is 4.37. The minimum Gasteiger partial charge on any atom is -0.467 e. The Morgan fingerprint density at radius 2 is 2.29 bits per heavy atom. The van der Waals surface area contributed by atoms with E-state index in [0.29, 0.717) is 18.0 Å². The number of halogens is 2. The number of fused-ring (bicyclic) bond motifs is 1. The summed E-state index contributed by atoms with van der Waals surface area (Å²) in [5, 5.41) is 12.2. The van der Waals surface area contributed by atoms with Crippen molar-refractivity contribution in [3.63, 3.8) is 0 Å². The SMILES string of the molecule is OCCn1cc(F)c2c(NCc3ccco3)nc(Cl)nc21. The molecule has 110 valence electrons. The quantitative estimate of drug-likeness (QED) is 0.708. The van der Waals surface area contributed by atoms with Crippen LogP contribution in [0.2, 0.25) is 5.28 Å². The maximum Gasteiger partial charge on any atom is 0.226 e. The van der Waals surface area contributed by atoms with Gasteiger partial charge in [-0.25, -0.2) is 4.39 Å². The zero-order valence-corrected chi connectivity index (χ0v) is 11.6. The molecule has 0 fully saturated rings. The summed E-state index contributed by atoms with van der Waals surface area (Å²) < 4.78 is 20.8. The molecule has 0 aromatic carbocycles. The molecule has 0 bridgehead atoms. The van der Waals surface area contributed by atoms with Crippen molar-refractivity contribution in [2.75, 3.05) is 11.9 Å². The van der Waals surface area contributed by atoms with Crippen LogP contribution in [0.5, 0.6) is 0 Å². The maximum atomic E-state index is 14.1. The van der Waals surface area contributed by atoms with Gasteiger partial charge in [0, 0.05) is 12.7 Å². The largest absolute Gasteiger partial charge is 0.467 e. The van der Waals surface area contributed by atoms with Crippen LogP contribution in [0.25, 0.3) is 11.0 Å². The van der Waals surface area contributed by atoms with Gasteiger partial charge in [0.2, 0.25) is 5.28 Å². The van der Waals surface area contributed by atoms with Crippen LogP contribution >= 0.6 is 11.6 Å². The van der Waals surface area contributed by atoms with E-state index in [1.54, 1.807) is 18.4 Å². The van der Waals surface area contributed by atoms with Crippen LogP contribution in [-0.2, 0) is 13.1 Å². The molecule has 8 heteroatoms. The molecular formula is C13H12ClFN4O2. The van der Waals surface area contributed by atoms with Gasteiger partial charge in [-0.15, -0.1) is 0 Å². The zero-order valence-electron chi connectivity index (χ0n) is 10.9. The lowest BCUT2D eigenvalue weighted by atomic mass is 10.3. The number of hydrogen-bond donors (Lipinski definition) is 2. The molecule has 3 rings (SSSR count). The maximum absolute atomic E-state index is 14.1. The highest BCUT2D eigenvalue weighted by Gasteiger charge is 2.16. The second kappa shape index (κ2) is 5.71. The van der Waals surface area contributed by atoms with Crippen LogP contribution < -0.4 is 5.32 Å². The summed E-state index contributed by atoms with van der Waals surface area (Å²) in [5.74, 6) is 0.501. The average Bonchev–Trinajstić information content (AvgIpc) is 3.06. The van der Waals surface area contributed by atoms with Gasteiger partial charge in [-0.05, 0) is 23.7 Å². The number of aliphatic hydroxyl groups is 1. The topological polar surface area (TPSA) is 76.1 Å². The molecule has 0 atom stereocenters. The van der Waals surface area contributed by atoms with Crippen LogP contribution in [0.1, 0.15) is 5.76 Å². The predicted octanol–water partition coefficient (Wildman–Crippen LogP) is 2.42. The van der Waals surface area contributed by atoms with Crippen LogP contribution in [0.15, 0.2) is 29.0 Å². The molecule has 0 saturated heterocycles. The van der Waals surface area contributed by atoms with Gasteiger partial charge >= 0.3 is 0 Å². The van der Waals surface area contributed by atoms with E-state index in [4.69, 9.17) is 21.1 Å². The minimum atomic E-state index is -0.475. The predicted molar refractivity (Wildman–Crippen MR) is 75.6 cm³/mol. The van der Waals surface area contributed by atoms with Gasteiger partial charge in [-0.1, -0.05) is 0 Å². The first-order valence-corrected chi connectivity index (χ1v) is 6.66. The summed E-state index contributed by atoms with van der Waals surface area (Å²) in [6.45, 7) is 0.450. The minimum absolute atomic E-state index is 0.00161. The van der Waals surface area contributed by atoms with Crippen molar-refractivity contribution >= 4 is 28.5 Å². The molecule has 0 amide bonds. The molecule has 0 radical (unpaired) electrons. The zero-order chi connectivity index (χ0) is 14.8. The summed E-state index contributed by atoms with van der Waals surface area (Å²) in [4.78, 5) is 8.04. The Labute approximate surface area is 124 Å². The molecule has 0 spiro atoms. The Morgan fingerprint density at radius 1 is 1.43 bits per heavy atom. The second-order valence-corrected chi connectivity index (χ2v) is 4.70. The molecule has 3 aromatic heterocycles. The molecular weight excluding hydrogens is 299 g/mol. The van der Waals surface area contributed by atoms with E-state index >= 15 is 0 Å². The Balaban J connectivity index is 2.00. The van der Waals surface area contributed by atoms with Crippen molar-refractivity contribution in [3.8, 4) is 0 Å². The van der Waals surface area contributed by atoms with Crippen molar-refractivity contribution in [1.82, 2.24) is 14.5 Å². The molecule has 0 saturated carbocycles. The van der Waals surface area contributed by atoms with E-state index in [2.05, 4.69) is 15.3 Å². The number of nitrogens with one attached hydrogen (secondary N) is 1. The normalized spacial score (nSPS) is 11.2. The molecule has 0 aliphatic heterocycles. The van der Waals surface area contributed by atoms with Crippen molar-refractivity contribution in [1.29, 1.82) is 0 Å². The van der Waals surface area contributed by atoms with Gasteiger partial charge in [-0.2, -0.15) is 9.97 Å². The van der Waals surface area contributed by atoms with Gasteiger partial charge < -0.3 is 19.4 Å². The third-order valence-electron chi connectivity index (χ3n) is 2.99. The van der Waals surface area contributed by atoms with E-state index in [-0.39, 0.29) is 29.6 Å². The number of aliphatic hydroxyl groups excluding tert-OH is 1. The van der Waals surface area contributed by atoms with Crippen molar-refractivity contribution < 1.29 is 13.9 Å². The Bertz CT molecular complexity index is 757. The Kier molecular flexibility index (Phi) is 3.76. The molecule has 3 aromatic rings. The monoisotopic (exact) mass is 310 g/mol. The first kappa shape index (κ1) is 13.8. The molecule has 6 nitrogen and oxygen atoms in total. The number of rotatable bonds is 5. The average molecular weight is 311 g/mol. The molecule has 0 aliphatic carbocycles. The van der Waals surface area contributed by atoms with Gasteiger partial charge in [0.25, 0.3) is 0 Å². The van der Waals surface area contributed by atoms with Gasteiger partial charge in [0.1, 0.15) is 17.2 Å². The summed E-state index contributed by atoms with van der Waals surface area (Å²) >= 11 is 5.88. The number of hydrogen-bond acceptors (Lipinski definition) is 5. The lowest BCUT2D eigenvalue weighted by molar-refractivity contribution is 0.277. The van der Waals surface area contributed by atoms with E-state index in [1.807, 2.05) is 0 Å². The standard InChI is InChI=1S/C13H12ClFN4O2/c14-13-17-11(16-6-8-2-1-5-21-8)10-9(15)7-19(3-4-20)12(10)18-13/h1-2,5,7,20H,3-4,6H2,(H,16,17,18). The van der Waals surface area contributed by atoms with Gasteiger partial charge in [0.15, 0.2) is 5.82 Å². The van der Waals surface area contributed by atoms with Crippen molar-refractivity contribution in [3.05, 3.63) is 41.5 Å². The van der Waals surface area contributed by atoms with Gasteiger partial charge in [0.05, 0.1) is 24.8 Å².